The monoisotopic (exact) mass is 338 g/mol. The van der Waals surface area contributed by atoms with Crippen LogP contribution in [-0.4, -0.2) is 30.5 Å². The Balaban J connectivity index is 2.50. The Bertz CT molecular complexity index is 550. The van der Waals surface area contributed by atoms with Crippen molar-refractivity contribution in [3.05, 3.63) is 28.5 Å². The predicted octanol–water partition coefficient (Wildman–Crippen LogP) is 2.83. The van der Waals surface area contributed by atoms with Crippen molar-refractivity contribution >= 4 is 23.5 Å². The number of carbonyl (C=O) groups is 2. The summed E-state index contributed by atoms with van der Waals surface area (Å²) in [6.45, 7) is 0.272. The number of halogens is 4. The molecule has 0 aliphatic rings. The second kappa shape index (κ2) is 7.98. The number of hydrogen-bond acceptors (Lipinski definition) is 4. The van der Waals surface area contributed by atoms with E-state index >= 15 is 0 Å². The van der Waals surface area contributed by atoms with Crippen LogP contribution < -0.4 is 5.32 Å². The standard InChI is InChI=1S/C13H14ClF3N2O3/c1-22-10(20)4-2-3-5-18-12(21)8-6-9(14)11(19-7-8)13(15,16)17/h6-7H,2-5H2,1H3,(H,18,21). The maximum atomic E-state index is 12.5. The molecule has 0 bridgehead atoms. The zero-order valence-electron chi connectivity index (χ0n) is 11.7. The molecule has 1 heterocycles. The van der Waals surface area contributed by atoms with Crippen LogP contribution in [-0.2, 0) is 15.7 Å². The number of unbranched alkanes of at least 4 members (excludes halogenated alkanes) is 1. The van der Waals surface area contributed by atoms with Crippen molar-refractivity contribution in [1.29, 1.82) is 0 Å². The third-order valence-corrected chi connectivity index (χ3v) is 2.98. The summed E-state index contributed by atoms with van der Waals surface area (Å²) in [4.78, 5) is 25.8. The number of ether oxygens (including phenoxy) is 1. The molecule has 1 amide bonds. The molecule has 22 heavy (non-hydrogen) atoms. The van der Waals surface area contributed by atoms with Crippen LogP contribution in [0, 0.1) is 0 Å². The van der Waals surface area contributed by atoms with E-state index in [2.05, 4.69) is 15.0 Å². The minimum absolute atomic E-state index is 0.0639. The van der Waals surface area contributed by atoms with E-state index in [1.807, 2.05) is 0 Å². The van der Waals surface area contributed by atoms with Crippen LogP contribution in [0.5, 0.6) is 0 Å². The molecule has 9 heteroatoms. The van der Waals surface area contributed by atoms with Crippen LogP contribution in [0.25, 0.3) is 0 Å². The predicted molar refractivity (Wildman–Crippen MR) is 72.4 cm³/mol. The Morgan fingerprint density at radius 2 is 2.05 bits per heavy atom. The van der Waals surface area contributed by atoms with Gasteiger partial charge >= 0.3 is 12.1 Å². The van der Waals surface area contributed by atoms with E-state index < -0.39 is 22.8 Å². The van der Waals surface area contributed by atoms with Gasteiger partial charge in [-0.2, -0.15) is 13.2 Å². The molecular weight excluding hydrogens is 325 g/mol. The van der Waals surface area contributed by atoms with E-state index in [1.54, 1.807) is 0 Å². The normalized spacial score (nSPS) is 11.1. The molecule has 1 rings (SSSR count). The second-order valence-corrected chi connectivity index (χ2v) is 4.75. The summed E-state index contributed by atoms with van der Waals surface area (Å²) in [5.41, 5.74) is -1.30. The first-order valence-electron chi connectivity index (χ1n) is 6.33. The fourth-order valence-electron chi connectivity index (χ4n) is 1.57. The summed E-state index contributed by atoms with van der Waals surface area (Å²) in [5.74, 6) is -0.925. The van der Waals surface area contributed by atoms with Crippen LogP contribution >= 0.6 is 11.6 Å². The van der Waals surface area contributed by atoms with E-state index in [0.717, 1.165) is 12.3 Å². The first-order valence-corrected chi connectivity index (χ1v) is 6.71. The third-order valence-electron chi connectivity index (χ3n) is 2.69. The molecule has 1 aromatic heterocycles. The maximum Gasteiger partial charge on any atom is 0.434 e. The number of carbonyl (C=O) groups excluding carboxylic acids is 2. The van der Waals surface area contributed by atoms with Crippen molar-refractivity contribution in [2.24, 2.45) is 0 Å². The van der Waals surface area contributed by atoms with E-state index in [1.165, 1.54) is 7.11 Å². The minimum Gasteiger partial charge on any atom is -0.469 e. The van der Waals surface area contributed by atoms with Crippen molar-refractivity contribution < 1.29 is 27.5 Å². The Labute approximate surface area is 129 Å². The lowest BCUT2D eigenvalue weighted by molar-refractivity contribution is -0.141. The van der Waals surface area contributed by atoms with Crippen LogP contribution in [0.2, 0.25) is 5.02 Å². The number of esters is 1. The quantitative estimate of drug-likeness (QED) is 0.639. The summed E-state index contributed by atoms with van der Waals surface area (Å²) in [5, 5.41) is 1.87. The van der Waals surface area contributed by atoms with Gasteiger partial charge in [0, 0.05) is 19.2 Å². The number of rotatable bonds is 6. The summed E-state index contributed by atoms with van der Waals surface area (Å²) < 4.78 is 41.9. The molecular formula is C13H14ClF3N2O3. The van der Waals surface area contributed by atoms with Gasteiger partial charge in [0.15, 0.2) is 5.69 Å². The van der Waals surface area contributed by atoms with E-state index in [-0.39, 0.29) is 24.5 Å². The van der Waals surface area contributed by atoms with Gasteiger partial charge in [-0.15, -0.1) is 0 Å². The van der Waals surface area contributed by atoms with Crippen LogP contribution in [0.3, 0.4) is 0 Å². The van der Waals surface area contributed by atoms with Crippen LogP contribution in [0.4, 0.5) is 13.2 Å². The third kappa shape index (κ3) is 5.51. The molecule has 0 unspecified atom stereocenters. The number of pyridine rings is 1. The number of hydrogen-bond donors (Lipinski definition) is 1. The average molecular weight is 339 g/mol. The Kier molecular flexibility index (Phi) is 6.61. The molecule has 0 aliphatic carbocycles. The molecule has 0 atom stereocenters. The zero-order valence-corrected chi connectivity index (χ0v) is 12.4. The molecule has 0 fully saturated rings. The lowest BCUT2D eigenvalue weighted by atomic mass is 10.2. The Morgan fingerprint density at radius 3 is 2.59 bits per heavy atom. The first kappa shape index (κ1) is 18.2. The lowest BCUT2D eigenvalue weighted by Crippen LogP contribution is -2.25. The van der Waals surface area contributed by atoms with Gasteiger partial charge in [-0.25, -0.2) is 4.98 Å². The highest BCUT2D eigenvalue weighted by atomic mass is 35.5. The van der Waals surface area contributed by atoms with Gasteiger partial charge in [-0.1, -0.05) is 11.6 Å². The fraction of sp³-hybridized carbons (Fsp3) is 0.462. The molecule has 0 saturated carbocycles. The van der Waals surface area contributed by atoms with Gasteiger partial charge in [-0.05, 0) is 18.9 Å². The molecule has 1 N–H and O–H groups in total. The fourth-order valence-corrected chi connectivity index (χ4v) is 1.84. The largest absolute Gasteiger partial charge is 0.469 e. The van der Waals surface area contributed by atoms with Crippen molar-refractivity contribution in [2.75, 3.05) is 13.7 Å². The highest BCUT2D eigenvalue weighted by Crippen LogP contribution is 2.32. The highest BCUT2D eigenvalue weighted by molar-refractivity contribution is 6.31. The zero-order chi connectivity index (χ0) is 16.8. The molecule has 0 saturated heterocycles. The smallest absolute Gasteiger partial charge is 0.434 e. The van der Waals surface area contributed by atoms with Gasteiger partial charge in [-0.3, -0.25) is 9.59 Å². The summed E-state index contributed by atoms with van der Waals surface area (Å²) in [6, 6.07) is 0.918. The Hall–Kier alpha value is -1.83. The van der Waals surface area contributed by atoms with Gasteiger partial charge in [0.1, 0.15) is 0 Å². The average Bonchev–Trinajstić information content (AvgIpc) is 2.44. The number of nitrogens with zero attached hydrogens (tertiary/aromatic N) is 1. The molecule has 0 aromatic carbocycles. The molecule has 0 radical (unpaired) electrons. The van der Waals surface area contributed by atoms with Gasteiger partial charge in [0.2, 0.25) is 0 Å². The minimum atomic E-state index is -4.67. The summed E-state index contributed by atoms with van der Waals surface area (Å²) in [7, 11) is 1.28. The molecule has 0 spiro atoms. The van der Waals surface area contributed by atoms with Gasteiger partial charge in [0.25, 0.3) is 5.91 Å². The van der Waals surface area contributed by atoms with Crippen molar-refractivity contribution in [3.63, 3.8) is 0 Å². The number of aromatic nitrogens is 1. The van der Waals surface area contributed by atoms with E-state index in [9.17, 15) is 22.8 Å². The SMILES string of the molecule is COC(=O)CCCCNC(=O)c1cnc(C(F)(F)F)c(Cl)c1. The number of methoxy groups -OCH3 is 1. The van der Waals surface area contributed by atoms with Crippen LogP contribution in [0.1, 0.15) is 35.3 Å². The lowest BCUT2D eigenvalue weighted by Gasteiger charge is -2.09. The van der Waals surface area contributed by atoms with Crippen LogP contribution in [0.15, 0.2) is 12.3 Å². The van der Waals surface area contributed by atoms with Crippen molar-refractivity contribution in [2.45, 2.75) is 25.4 Å². The van der Waals surface area contributed by atoms with E-state index in [0.29, 0.717) is 12.8 Å². The first-order chi connectivity index (χ1) is 10.3. The number of nitrogens with one attached hydrogen (secondary N) is 1. The van der Waals surface area contributed by atoms with E-state index in [4.69, 9.17) is 11.6 Å². The Morgan fingerprint density at radius 1 is 1.36 bits per heavy atom. The molecule has 1 aromatic rings. The maximum absolute atomic E-state index is 12.5. The van der Waals surface area contributed by atoms with Crippen molar-refractivity contribution in [3.8, 4) is 0 Å². The topological polar surface area (TPSA) is 68.3 Å². The summed E-state index contributed by atoms with van der Waals surface area (Å²) >= 11 is 5.48. The molecule has 5 nitrogen and oxygen atoms in total. The molecule has 122 valence electrons. The second-order valence-electron chi connectivity index (χ2n) is 4.34. The van der Waals surface area contributed by atoms with Crippen molar-refractivity contribution in [1.82, 2.24) is 10.3 Å². The summed E-state index contributed by atoms with van der Waals surface area (Å²) in [6.07, 6.45) is -2.56. The highest BCUT2D eigenvalue weighted by Gasteiger charge is 2.35. The number of amides is 1. The number of alkyl halides is 3. The van der Waals surface area contributed by atoms with Gasteiger partial charge in [0.05, 0.1) is 17.7 Å². The van der Waals surface area contributed by atoms with Gasteiger partial charge < -0.3 is 10.1 Å². The molecule has 0 aliphatic heterocycles.